The van der Waals surface area contributed by atoms with Gasteiger partial charge in [0.2, 0.25) is 5.76 Å². The Balaban J connectivity index is 1.90. The van der Waals surface area contributed by atoms with Gasteiger partial charge in [-0.2, -0.15) is 0 Å². The van der Waals surface area contributed by atoms with Crippen LogP contribution in [0.5, 0.6) is 11.5 Å². The smallest absolute Gasteiger partial charge is 0.290 e. The van der Waals surface area contributed by atoms with Crippen molar-refractivity contribution in [3.05, 3.63) is 68.6 Å². The molecular weight excluding hydrogens is 434 g/mol. The molecule has 1 aliphatic heterocycles. The maximum Gasteiger partial charge on any atom is 0.290 e. The van der Waals surface area contributed by atoms with Crippen LogP contribution in [-0.2, 0) is 4.74 Å². The molecule has 0 radical (unpaired) electrons. The average Bonchev–Trinajstić information content (AvgIpc) is 3.07. The summed E-state index contributed by atoms with van der Waals surface area (Å²) in [4.78, 5) is 28.8. The number of hydrogen-bond acceptors (Lipinski definition) is 6. The van der Waals surface area contributed by atoms with Crippen molar-refractivity contribution in [3.8, 4) is 11.5 Å². The minimum absolute atomic E-state index is 0.0858. The second kappa shape index (κ2) is 9.50. The van der Waals surface area contributed by atoms with Crippen LogP contribution in [0.2, 0.25) is 0 Å². The van der Waals surface area contributed by atoms with Crippen molar-refractivity contribution in [1.29, 1.82) is 0 Å². The first-order chi connectivity index (χ1) is 16.3. The lowest BCUT2D eigenvalue weighted by molar-refractivity contribution is 0.0663. The number of aryl methyl sites for hydroxylation is 2. The second-order valence-electron chi connectivity index (χ2n) is 9.14. The first kappa shape index (κ1) is 23.8. The molecule has 1 unspecified atom stereocenters. The first-order valence-corrected chi connectivity index (χ1v) is 11.4. The van der Waals surface area contributed by atoms with E-state index in [1.54, 1.807) is 25.2 Å². The van der Waals surface area contributed by atoms with E-state index >= 15 is 0 Å². The average molecular weight is 466 g/mol. The fourth-order valence-corrected chi connectivity index (χ4v) is 4.51. The maximum absolute atomic E-state index is 13.8. The molecule has 1 aliphatic rings. The predicted octanol–water partition coefficient (Wildman–Crippen LogP) is 4.64. The lowest BCUT2D eigenvalue weighted by atomic mass is 9.96. The minimum atomic E-state index is -0.618. The van der Waals surface area contributed by atoms with Gasteiger partial charge in [-0.3, -0.25) is 9.59 Å². The quantitative estimate of drug-likeness (QED) is 0.482. The van der Waals surface area contributed by atoms with Crippen LogP contribution in [0.15, 0.2) is 39.5 Å². The SMILES string of the molecule is COCCN1C(=O)c2oc3cc(C)cc(C)c3c(=O)c2C1c1ccc(OCC(C)C)c(OC)c1. The van der Waals surface area contributed by atoms with Crippen molar-refractivity contribution in [2.24, 2.45) is 5.92 Å². The van der Waals surface area contributed by atoms with Gasteiger partial charge in [-0.05, 0) is 54.7 Å². The van der Waals surface area contributed by atoms with E-state index < -0.39 is 6.04 Å². The molecule has 0 saturated carbocycles. The molecule has 7 heteroatoms. The third-order valence-electron chi connectivity index (χ3n) is 6.02. The van der Waals surface area contributed by atoms with E-state index in [9.17, 15) is 9.59 Å². The molecule has 0 spiro atoms. The lowest BCUT2D eigenvalue weighted by Crippen LogP contribution is -2.32. The summed E-state index contributed by atoms with van der Waals surface area (Å²) in [7, 11) is 3.15. The summed E-state index contributed by atoms with van der Waals surface area (Å²) in [5.41, 5.74) is 3.12. The van der Waals surface area contributed by atoms with Crippen LogP contribution in [0.4, 0.5) is 0 Å². The minimum Gasteiger partial charge on any atom is -0.493 e. The van der Waals surface area contributed by atoms with Crippen LogP contribution in [0.3, 0.4) is 0 Å². The van der Waals surface area contributed by atoms with Crippen LogP contribution in [0, 0.1) is 19.8 Å². The Labute approximate surface area is 199 Å². The molecule has 1 amide bonds. The van der Waals surface area contributed by atoms with E-state index in [0.717, 1.165) is 16.7 Å². The molecule has 4 rings (SSSR count). The third-order valence-corrected chi connectivity index (χ3v) is 6.02. The number of ether oxygens (including phenoxy) is 3. The Kier molecular flexibility index (Phi) is 6.66. The highest BCUT2D eigenvalue weighted by atomic mass is 16.5. The molecule has 1 atom stereocenters. The fraction of sp³-hybridized carbons (Fsp3) is 0.407. The van der Waals surface area contributed by atoms with Gasteiger partial charge in [-0.15, -0.1) is 0 Å². The van der Waals surface area contributed by atoms with Crippen LogP contribution < -0.4 is 14.9 Å². The van der Waals surface area contributed by atoms with E-state index in [0.29, 0.717) is 53.7 Å². The van der Waals surface area contributed by atoms with Gasteiger partial charge < -0.3 is 23.5 Å². The number of hydrogen-bond donors (Lipinski definition) is 0. The van der Waals surface area contributed by atoms with E-state index in [-0.39, 0.29) is 17.1 Å². The number of carbonyl (C=O) groups is 1. The lowest BCUT2D eigenvalue weighted by Gasteiger charge is -2.25. The highest BCUT2D eigenvalue weighted by Crippen LogP contribution is 2.41. The summed E-state index contributed by atoms with van der Waals surface area (Å²) in [6.45, 7) is 9.15. The van der Waals surface area contributed by atoms with Gasteiger partial charge in [0.25, 0.3) is 5.91 Å². The monoisotopic (exact) mass is 465 g/mol. The Hall–Kier alpha value is -3.32. The van der Waals surface area contributed by atoms with Gasteiger partial charge in [0.05, 0.1) is 37.3 Å². The zero-order valence-corrected chi connectivity index (χ0v) is 20.6. The third kappa shape index (κ3) is 4.16. The molecule has 1 aromatic heterocycles. The summed E-state index contributed by atoms with van der Waals surface area (Å²) < 4.78 is 22.8. The Morgan fingerprint density at radius 3 is 2.50 bits per heavy atom. The van der Waals surface area contributed by atoms with Gasteiger partial charge in [-0.1, -0.05) is 26.0 Å². The Morgan fingerprint density at radius 1 is 1.06 bits per heavy atom. The summed E-state index contributed by atoms with van der Waals surface area (Å²) in [5.74, 6) is 1.28. The zero-order valence-electron chi connectivity index (χ0n) is 20.6. The van der Waals surface area contributed by atoms with Gasteiger partial charge in [-0.25, -0.2) is 0 Å². The second-order valence-corrected chi connectivity index (χ2v) is 9.14. The molecule has 180 valence electrons. The van der Waals surface area contributed by atoms with E-state index in [2.05, 4.69) is 13.8 Å². The maximum atomic E-state index is 13.8. The predicted molar refractivity (Wildman–Crippen MR) is 130 cm³/mol. The normalized spacial score (nSPS) is 15.3. The van der Waals surface area contributed by atoms with Crippen molar-refractivity contribution >= 4 is 16.9 Å². The Bertz CT molecular complexity index is 1290. The van der Waals surface area contributed by atoms with Gasteiger partial charge in [0.15, 0.2) is 16.9 Å². The molecule has 7 nitrogen and oxygen atoms in total. The largest absolute Gasteiger partial charge is 0.493 e. The van der Waals surface area contributed by atoms with E-state index in [1.165, 1.54) is 0 Å². The highest BCUT2D eigenvalue weighted by molar-refractivity contribution is 5.99. The van der Waals surface area contributed by atoms with Crippen molar-refractivity contribution < 1.29 is 23.4 Å². The van der Waals surface area contributed by atoms with Crippen molar-refractivity contribution in [1.82, 2.24) is 4.90 Å². The molecule has 0 aliphatic carbocycles. The molecule has 0 fully saturated rings. The van der Waals surface area contributed by atoms with Crippen LogP contribution >= 0.6 is 0 Å². The molecule has 2 aromatic carbocycles. The standard InChI is InChI=1S/C27H31NO6/c1-15(2)14-33-19-8-7-18(13-20(19)32-6)24-23-25(29)22-17(4)11-16(3)12-21(22)34-26(23)27(30)28(24)9-10-31-5/h7-8,11-13,15,24H,9-10,14H2,1-6H3. The summed E-state index contributed by atoms with van der Waals surface area (Å²) in [6, 6.07) is 8.65. The number of benzene rings is 2. The van der Waals surface area contributed by atoms with Crippen LogP contribution in [0.25, 0.3) is 11.0 Å². The molecule has 3 aromatic rings. The van der Waals surface area contributed by atoms with Gasteiger partial charge in [0, 0.05) is 13.7 Å². The molecule has 0 saturated heterocycles. The van der Waals surface area contributed by atoms with E-state index in [4.69, 9.17) is 18.6 Å². The zero-order chi connectivity index (χ0) is 24.6. The van der Waals surface area contributed by atoms with Crippen molar-refractivity contribution in [2.45, 2.75) is 33.7 Å². The molecule has 0 bridgehead atoms. The number of carbonyl (C=O) groups excluding carboxylic acids is 1. The number of nitrogens with zero attached hydrogens (tertiary/aromatic N) is 1. The number of amides is 1. The summed E-state index contributed by atoms with van der Waals surface area (Å²) in [5, 5.41) is 0.500. The van der Waals surface area contributed by atoms with Gasteiger partial charge in [0.1, 0.15) is 5.58 Å². The molecule has 34 heavy (non-hydrogen) atoms. The molecule has 0 N–H and O–H groups in total. The Morgan fingerprint density at radius 2 is 1.82 bits per heavy atom. The van der Waals surface area contributed by atoms with Crippen molar-refractivity contribution in [3.63, 3.8) is 0 Å². The first-order valence-electron chi connectivity index (χ1n) is 11.4. The number of methoxy groups -OCH3 is 2. The summed E-state index contributed by atoms with van der Waals surface area (Å²) >= 11 is 0. The summed E-state index contributed by atoms with van der Waals surface area (Å²) in [6.07, 6.45) is 0. The van der Waals surface area contributed by atoms with Gasteiger partial charge >= 0.3 is 0 Å². The molecule has 2 heterocycles. The topological polar surface area (TPSA) is 78.2 Å². The van der Waals surface area contributed by atoms with Crippen LogP contribution in [-0.4, -0.2) is 44.8 Å². The van der Waals surface area contributed by atoms with E-state index in [1.807, 2.05) is 38.1 Å². The fourth-order valence-electron chi connectivity index (χ4n) is 4.51. The molecular formula is C27H31NO6. The highest BCUT2D eigenvalue weighted by Gasteiger charge is 2.43. The van der Waals surface area contributed by atoms with Crippen LogP contribution in [0.1, 0.15) is 52.7 Å². The number of fused-ring (bicyclic) bond motifs is 2. The van der Waals surface area contributed by atoms with Crippen molar-refractivity contribution in [2.75, 3.05) is 34.0 Å². The number of rotatable bonds is 8.